The molecule has 136 valence electrons. The maximum absolute atomic E-state index is 12.9. The molecule has 1 aliphatic heterocycles. The second-order valence-electron chi connectivity index (χ2n) is 7.42. The molecule has 0 spiro atoms. The maximum atomic E-state index is 12.9. The largest absolute Gasteiger partial charge is 0.484 e. The van der Waals surface area contributed by atoms with E-state index in [0.29, 0.717) is 30.3 Å². The Labute approximate surface area is 153 Å². The van der Waals surface area contributed by atoms with Gasteiger partial charge in [-0.05, 0) is 35.2 Å². The van der Waals surface area contributed by atoms with Crippen LogP contribution in [-0.4, -0.2) is 36.4 Å². The Bertz CT molecular complexity index is 785. The van der Waals surface area contributed by atoms with Crippen molar-refractivity contribution in [2.45, 2.75) is 19.8 Å². The summed E-state index contributed by atoms with van der Waals surface area (Å²) in [4.78, 5) is 25.6. The molecule has 0 unspecified atom stereocenters. The first-order valence-corrected chi connectivity index (χ1v) is 8.72. The van der Waals surface area contributed by atoms with Crippen molar-refractivity contribution >= 4 is 11.8 Å². The number of rotatable bonds is 5. The van der Waals surface area contributed by atoms with Gasteiger partial charge in [0.15, 0.2) is 6.61 Å². The summed E-state index contributed by atoms with van der Waals surface area (Å²) in [6.45, 7) is 5.66. The topological polar surface area (TPSA) is 72.6 Å². The Morgan fingerprint density at radius 2 is 1.77 bits per heavy atom. The minimum Gasteiger partial charge on any atom is -0.484 e. The van der Waals surface area contributed by atoms with Crippen LogP contribution < -0.4 is 10.5 Å². The highest BCUT2D eigenvalue weighted by atomic mass is 16.5. The first-order chi connectivity index (χ1) is 12.4. The van der Waals surface area contributed by atoms with Gasteiger partial charge >= 0.3 is 0 Å². The second-order valence-corrected chi connectivity index (χ2v) is 7.42. The van der Waals surface area contributed by atoms with E-state index in [1.54, 1.807) is 24.3 Å². The lowest BCUT2D eigenvalue weighted by Gasteiger charge is -2.25. The van der Waals surface area contributed by atoms with Crippen molar-refractivity contribution in [2.75, 3.05) is 19.7 Å². The average Bonchev–Trinajstić information content (AvgIpc) is 2.96. The van der Waals surface area contributed by atoms with Gasteiger partial charge in [-0.1, -0.05) is 44.2 Å². The van der Waals surface area contributed by atoms with Gasteiger partial charge in [0.25, 0.3) is 11.8 Å². The summed E-state index contributed by atoms with van der Waals surface area (Å²) >= 11 is 0. The second kappa shape index (κ2) is 7.20. The van der Waals surface area contributed by atoms with Crippen molar-refractivity contribution < 1.29 is 14.3 Å². The molecular formula is C21H24N2O3. The fraction of sp³-hybridized carbons (Fsp3) is 0.333. The molecule has 2 aromatic carbocycles. The van der Waals surface area contributed by atoms with Crippen LogP contribution in [0.5, 0.6) is 5.75 Å². The number of hydrogen-bond acceptors (Lipinski definition) is 3. The van der Waals surface area contributed by atoms with Crippen molar-refractivity contribution in [2.24, 2.45) is 11.1 Å². The molecule has 0 aliphatic carbocycles. The zero-order valence-electron chi connectivity index (χ0n) is 15.1. The van der Waals surface area contributed by atoms with Crippen LogP contribution in [0, 0.1) is 5.41 Å². The van der Waals surface area contributed by atoms with Crippen LogP contribution in [0.15, 0.2) is 54.6 Å². The third kappa shape index (κ3) is 3.87. The lowest BCUT2D eigenvalue weighted by atomic mass is 9.78. The molecule has 0 bridgehead atoms. The molecule has 1 heterocycles. The number of hydrogen-bond donors (Lipinski definition) is 1. The predicted octanol–water partition coefficient (Wildman–Crippen LogP) is 2.82. The van der Waals surface area contributed by atoms with Gasteiger partial charge in [-0.2, -0.15) is 0 Å². The molecule has 3 rings (SSSR count). The lowest BCUT2D eigenvalue weighted by Crippen LogP contribution is -2.30. The minimum atomic E-state index is -0.531. The first-order valence-electron chi connectivity index (χ1n) is 8.72. The normalized spacial score (nSPS) is 18.5. The molecule has 2 amide bonds. The Morgan fingerprint density at radius 1 is 1.12 bits per heavy atom. The van der Waals surface area contributed by atoms with Gasteiger partial charge in [0.1, 0.15) is 5.75 Å². The van der Waals surface area contributed by atoms with Crippen LogP contribution in [0.1, 0.15) is 35.7 Å². The molecule has 0 aromatic heterocycles. The Kier molecular flexibility index (Phi) is 4.98. The van der Waals surface area contributed by atoms with Crippen LogP contribution in [0.2, 0.25) is 0 Å². The van der Waals surface area contributed by atoms with Crippen LogP contribution in [0.25, 0.3) is 0 Å². The SMILES string of the molecule is CC1(C)CN(C(=O)c2ccc(OCC(N)=O)cc2)C[C@@H]1c1ccccc1. The number of amides is 2. The minimum absolute atomic E-state index is 0.0120. The Morgan fingerprint density at radius 3 is 2.38 bits per heavy atom. The van der Waals surface area contributed by atoms with Gasteiger partial charge in [-0.25, -0.2) is 0 Å². The van der Waals surface area contributed by atoms with Gasteiger partial charge in [-0.15, -0.1) is 0 Å². The van der Waals surface area contributed by atoms with E-state index in [4.69, 9.17) is 10.5 Å². The molecule has 1 atom stereocenters. The summed E-state index contributed by atoms with van der Waals surface area (Å²) in [5.41, 5.74) is 6.96. The molecule has 2 aromatic rings. The van der Waals surface area contributed by atoms with E-state index in [0.717, 1.165) is 0 Å². The summed E-state index contributed by atoms with van der Waals surface area (Å²) in [7, 11) is 0. The highest BCUT2D eigenvalue weighted by Crippen LogP contribution is 2.42. The molecule has 26 heavy (non-hydrogen) atoms. The van der Waals surface area contributed by atoms with Crippen LogP contribution >= 0.6 is 0 Å². The predicted molar refractivity (Wildman–Crippen MR) is 100.0 cm³/mol. The standard InChI is InChI=1S/C21H24N2O3/c1-21(2)14-23(12-18(21)15-6-4-3-5-7-15)20(25)16-8-10-17(11-9-16)26-13-19(22)24/h3-11,18H,12-14H2,1-2H3,(H2,22,24)/t18-/m1/s1. The highest BCUT2D eigenvalue weighted by molar-refractivity contribution is 5.94. The van der Waals surface area contributed by atoms with Gasteiger partial charge < -0.3 is 15.4 Å². The highest BCUT2D eigenvalue weighted by Gasteiger charge is 2.42. The molecule has 1 fully saturated rings. The fourth-order valence-corrected chi connectivity index (χ4v) is 3.56. The number of ether oxygens (including phenoxy) is 1. The monoisotopic (exact) mass is 352 g/mol. The molecule has 0 radical (unpaired) electrons. The van der Waals surface area contributed by atoms with E-state index in [2.05, 4.69) is 26.0 Å². The number of carbonyl (C=O) groups excluding carboxylic acids is 2. The molecule has 0 saturated carbocycles. The zero-order valence-corrected chi connectivity index (χ0v) is 15.1. The van der Waals surface area contributed by atoms with Crippen LogP contribution in [-0.2, 0) is 4.79 Å². The Hall–Kier alpha value is -2.82. The van der Waals surface area contributed by atoms with Gasteiger partial charge in [0, 0.05) is 24.6 Å². The summed E-state index contributed by atoms with van der Waals surface area (Å²) in [5, 5.41) is 0. The van der Waals surface area contributed by atoms with E-state index in [1.165, 1.54) is 5.56 Å². The summed E-state index contributed by atoms with van der Waals surface area (Å²) < 4.78 is 5.24. The zero-order chi connectivity index (χ0) is 18.7. The van der Waals surface area contributed by atoms with Crippen molar-refractivity contribution in [3.05, 3.63) is 65.7 Å². The summed E-state index contributed by atoms with van der Waals surface area (Å²) in [6.07, 6.45) is 0. The van der Waals surface area contributed by atoms with E-state index in [-0.39, 0.29) is 17.9 Å². The first kappa shape index (κ1) is 18.0. The molecule has 1 aliphatic rings. The van der Waals surface area contributed by atoms with E-state index in [9.17, 15) is 9.59 Å². The number of nitrogens with zero attached hydrogens (tertiary/aromatic N) is 1. The molecule has 2 N–H and O–H groups in total. The fourth-order valence-electron chi connectivity index (χ4n) is 3.56. The van der Waals surface area contributed by atoms with Crippen LogP contribution in [0.3, 0.4) is 0 Å². The summed E-state index contributed by atoms with van der Waals surface area (Å²) in [5.74, 6) is 0.310. The number of likely N-dealkylation sites (tertiary alicyclic amines) is 1. The van der Waals surface area contributed by atoms with E-state index in [1.807, 2.05) is 23.1 Å². The molecule has 5 heteroatoms. The number of benzene rings is 2. The number of nitrogens with two attached hydrogens (primary N) is 1. The molecule has 1 saturated heterocycles. The van der Waals surface area contributed by atoms with E-state index < -0.39 is 5.91 Å². The average molecular weight is 352 g/mol. The maximum Gasteiger partial charge on any atom is 0.255 e. The van der Waals surface area contributed by atoms with Crippen molar-refractivity contribution in [3.63, 3.8) is 0 Å². The molecular weight excluding hydrogens is 328 g/mol. The van der Waals surface area contributed by atoms with Gasteiger partial charge in [0.05, 0.1) is 0 Å². The third-order valence-corrected chi connectivity index (χ3v) is 4.92. The number of carbonyl (C=O) groups is 2. The van der Waals surface area contributed by atoms with E-state index >= 15 is 0 Å². The smallest absolute Gasteiger partial charge is 0.255 e. The van der Waals surface area contributed by atoms with Gasteiger partial charge in [-0.3, -0.25) is 9.59 Å². The van der Waals surface area contributed by atoms with Gasteiger partial charge in [0.2, 0.25) is 0 Å². The Balaban J connectivity index is 1.71. The third-order valence-electron chi connectivity index (χ3n) is 4.92. The van der Waals surface area contributed by atoms with Crippen LogP contribution in [0.4, 0.5) is 0 Å². The number of primary amides is 1. The van der Waals surface area contributed by atoms with Crippen molar-refractivity contribution in [1.29, 1.82) is 0 Å². The lowest BCUT2D eigenvalue weighted by molar-refractivity contribution is -0.119. The summed E-state index contributed by atoms with van der Waals surface area (Å²) in [6, 6.07) is 17.2. The molecule has 5 nitrogen and oxygen atoms in total. The van der Waals surface area contributed by atoms with Crippen molar-refractivity contribution in [3.8, 4) is 5.75 Å². The quantitative estimate of drug-likeness (QED) is 0.899. The van der Waals surface area contributed by atoms with Crippen molar-refractivity contribution in [1.82, 2.24) is 4.90 Å².